The molecule has 1 aliphatic carbocycles. The molecular formula is C21H32N6O5. The van der Waals surface area contributed by atoms with Gasteiger partial charge in [0.2, 0.25) is 17.7 Å². The Morgan fingerprint density at radius 3 is 2.47 bits per heavy atom. The molecule has 3 fully saturated rings. The van der Waals surface area contributed by atoms with Gasteiger partial charge >= 0.3 is 5.69 Å². The SMILES string of the molecule is CC1(Nc2ncc([N+](=O)[O-])c(N[C@H]3CC[C@H](C(=O)N4CCOCC4)CC3)n2)CCOCC1. The lowest BCUT2D eigenvalue weighted by atomic mass is 9.85. The van der Waals surface area contributed by atoms with Gasteiger partial charge in [0, 0.05) is 43.8 Å². The van der Waals surface area contributed by atoms with Gasteiger partial charge in [0.05, 0.1) is 18.1 Å². The zero-order valence-corrected chi connectivity index (χ0v) is 18.5. The molecule has 0 spiro atoms. The lowest BCUT2D eigenvalue weighted by Gasteiger charge is -2.35. The summed E-state index contributed by atoms with van der Waals surface area (Å²) in [5.41, 5.74) is -0.344. The average molecular weight is 449 g/mol. The molecule has 11 nitrogen and oxygen atoms in total. The number of rotatable bonds is 6. The van der Waals surface area contributed by atoms with Gasteiger partial charge in [-0.25, -0.2) is 4.98 Å². The normalized spacial score (nSPS) is 25.7. The molecule has 0 radical (unpaired) electrons. The molecule has 1 saturated carbocycles. The van der Waals surface area contributed by atoms with Crippen molar-refractivity contribution >= 4 is 23.4 Å². The van der Waals surface area contributed by atoms with E-state index in [9.17, 15) is 14.9 Å². The third kappa shape index (κ3) is 5.44. The maximum atomic E-state index is 12.7. The Hall–Kier alpha value is -2.53. The molecule has 2 aliphatic heterocycles. The molecule has 0 atom stereocenters. The van der Waals surface area contributed by atoms with Crippen molar-refractivity contribution in [1.29, 1.82) is 0 Å². The Labute approximate surface area is 187 Å². The van der Waals surface area contributed by atoms with E-state index in [-0.39, 0.29) is 34.9 Å². The van der Waals surface area contributed by atoms with Crippen molar-refractivity contribution in [3.05, 3.63) is 16.3 Å². The Balaban J connectivity index is 1.38. The van der Waals surface area contributed by atoms with Crippen LogP contribution in [-0.4, -0.2) is 76.8 Å². The minimum atomic E-state index is -0.462. The molecule has 32 heavy (non-hydrogen) atoms. The molecule has 11 heteroatoms. The molecule has 1 aromatic rings. The molecule has 2 saturated heterocycles. The van der Waals surface area contributed by atoms with Gasteiger partial charge in [-0.2, -0.15) is 4.98 Å². The minimum absolute atomic E-state index is 0.0113. The van der Waals surface area contributed by atoms with Crippen LogP contribution in [0, 0.1) is 16.0 Å². The van der Waals surface area contributed by atoms with E-state index in [4.69, 9.17) is 9.47 Å². The maximum Gasteiger partial charge on any atom is 0.329 e. The molecular weight excluding hydrogens is 416 g/mol. The highest BCUT2D eigenvalue weighted by Gasteiger charge is 2.32. The van der Waals surface area contributed by atoms with E-state index in [1.807, 2.05) is 4.90 Å². The van der Waals surface area contributed by atoms with Gasteiger partial charge in [0.1, 0.15) is 6.20 Å². The summed E-state index contributed by atoms with van der Waals surface area (Å²) in [6.45, 7) is 5.92. The van der Waals surface area contributed by atoms with E-state index in [2.05, 4.69) is 27.5 Å². The zero-order chi connectivity index (χ0) is 22.6. The first-order valence-electron chi connectivity index (χ1n) is 11.4. The monoisotopic (exact) mass is 448 g/mol. The highest BCUT2D eigenvalue weighted by Crippen LogP contribution is 2.31. The van der Waals surface area contributed by atoms with Gasteiger partial charge in [-0.1, -0.05) is 0 Å². The number of morpholine rings is 1. The minimum Gasteiger partial charge on any atom is -0.381 e. The molecule has 0 unspecified atom stereocenters. The van der Waals surface area contributed by atoms with E-state index >= 15 is 0 Å². The largest absolute Gasteiger partial charge is 0.381 e. The van der Waals surface area contributed by atoms with E-state index in [1.165, 1.54) is 6.20 Å². The van der Waals surface area contributed by atoms with Crippen molar-refractivity contribution in [2.24, 2.45) is 5.92 Å². The van der Waals surface area contributed by atoms with Crippen molar-refractivity contribution in [3.8, 4) is 0 Å². The number of ether oxygens (including phenoxy) is 2. The summed E-state index contributed by atoms with van der Waals surface area (Å²) in [5, 5.41) is 18.1. The summed E-state index contributed by atoms with van der Waals surface area (Å²) >= 11 is 0. The van der Waals surface area contributed by atoms with Gasteiger partial charge in [-0.15, -0.1) is 0 Å². The van der Waals surface area contributed by atoms with Crippen molar-refractivity contribution in [2.75, 3.05) is 50.2 Å². The molecule has 1 amide bonds. The number of hydrogen-bond donors (Lipinski definition) is 2. The fourth-order valence-electron chi connectivity index (χ4n) is 4.61. The van der Waals surface area contributed by atoms with Crippen LogP contribution in [0.2, 0.25) is 0 Å². The maximum absolute atomic E-state index is 12.7. The van der Waals surface area contributed by atoms with Gasteiger partial charge in [0.15, 0.2) is 0 Å². The Kier molecular flexibility index (Phi) is 7.04. The number of carbonyl (C=O) groups is 1. The number of nitrogens with zero attached hydrogens (tertiary/aromatic N) is 4. The summed E-state index contributed by atoms with van der Waals surface area (Å²) in [5.74, 6) is 0.818. The summed E-state index contributed by atoms with van der Waals surface area (Å²) in [6, 6.07) is 0.0313. The van der Waals surface area contributed by atoms with Gasteiger partial charge in [-0.05, 0) is 45.4 Å². The number of nitrogens with one attached hydrogen (secondary N) is 2. The molecule has 0 bridgehead atoms. The van der Waals surface area contributed by atoms with E-state index in [1.54, 1.807) is 0 Å². The molecule has 1 aromatic heterocycles. The van der Waals surface area contributed by atoms with Crippen LogP contribution < -0.4 is 10.6 Å². The number of hydrogen-bond acceptors (Lipinski definition) is 9. The van der Waals surface area contributed by atoms with Gasteiger partial charge < -0.3 is 25.0 Å². The molecule has 3 aliphatic rings. The van der Waals surface area contributed by atoms with Gasteiger partial charge in [0.25, 0.3) is 0 Å². The fraction of sp³-hybridized carbons (Fsp3) is 0.762. The fourth-order valence-corrected chi connectivity index (χ4v) is 4.61. The van der Waals surface area contributed by atoms with Crippen LogP contribution in [0.5, 0.6) is 0 Å². The molecule has 4 rings (SSSR count). The van der Waals surface area contributed by atoms with Crippen LogP contribution in [-0.2, 0) is 14.3 Å². The molecule has 176 valence electrons. The second kappa shape index (κ2) is 9.95. The predicted octanol–water partition coefficient (Wildman–Crippen LogP) is 2.20. The average Bonchev–Trinajstić information content (AvgIpc) is 2.80. The summed E-state index contributed by atoms with van der Waals surface area (Å²) in [7, 11) is 0. The quantitative estimate of drug-likeness (QED) is 0.496. The predicted molar refractivity (Wildman–Crippen MR) is 118 cm³/mol. The second-order valence-corrected chi connectivity index (χ2v) is 9.11. The van der Waals surface area contributed by atoms with Crippen LogP contribution >= 0.6 is 0 Å². The first-order chi connectivity index (χ1) is 15.4. The summed E-state index contributed by atoms with van der Waals surface area (Å²) < 4.78 is 10.8. The van der Waals surface area contributed by atoms with E-state index in [0.717, 1.165) is 38.5 Å². The van der Waals surface area contributed by atoms with Crippen molar-refractivity contribution in [1.82, 2.24) is 14.9 Å². The van der Waals surface area contributed by atoms with Crippen LogP contribution in [0.3, 0.4) is 0 Å². The van der Waals surface area contributed by atoms with Crippen molar-refractivity contribution in [3.63, 3.8) is 0 Å². The Bertz CT molecular complexity index is 817. The highest BCUT2D eigenvalue weighted by molar-refractivity contribution is 5.79. The number of aromatic nitrogens is 2. The highest BCUT2D eigenvalue weighted by atomic mass is 16.6. The Morgan fingerprint density at radius 2 is 1.81 bits per heavy atom. The smallest absolute Gasteiger partial charge is 0.329 e. The topological polar surface area (TPSA) is 132 Å². The first-order valence-corrected chi connectivity index (χ1v) is 11.4. The third-order valence-corrected chi connectivity index (χ3v) is 6.72. The standard InChI is InChI=1S/C21H32N6O5/c1-21(6-10-31-11-7-21)25-20-22-14-17(27(29)30)18(24-20)23-16-4-2-15(3-5-16)19(28)26-8-12-32-13-9-26/h14-16H,2-13H2,1H3,(H2,22,23,24,25)/t15-,16-. The van der Waals surface area contributed by atoms with E-state index < -0.39 is 4.92 Å². The molecule has 3 heterocycles. The van der Waals surface area contributed by atoms with Crippen LogP contribution in [0.4, 0.5) is 17.5 Å². The Morgan fingerprint density at radius 1 is 1.16 bits per heavy atom. The van der Waals surface area contributed by atoms with Crippen molar-refractivity contribution < 1.29 is 19.2 Å². The first kappa shape index (κ1) is 22.7. The zero-order valence-electron chi connectivity index (χ0n) is 18.5. The second-order valence-electron chi connectivity index (χ2n) is 9.11. The third-order valence-electron chi connectivity index (χ3n) is 6.72. The molecule has 2 N–H and O–H groups in total. The van der Waals surface area contributed by atoms with E-state index in [0.29, 0.717) is 45.5 Å². The van der Waals surface area contributed by atoms with Gasteiger partial charge in [-0.3, -0.25) is 14.9 Å². The van der Waals surface area contributed by atoms with Crippen molar-refractivity contribution in [2.45, 2.75) is 57.0 Å². The molecule has 0 aromatic carbocycles. The number of carbonyl (C=O) groups excluding carboxylic acids is 1. The number of amides is 1. The number of nitro groups is 1. The van der Waals surface area contributed by atoms with Crippen LogP contribution in [0.25, 0.3) is 0 Å². The number of anilines is 2. The van der Waals surface area contributed by atoms with Crippen LogP contribution in [0.1, 0.15) is 45.4 Å². The van der Waals surface area contributed by atoms with Crippen LogP contribution in [0.15, 0.2) is 6.20 Å². The lowest BCUT2D eigenvalue weighted by Crippen LogP contribution is -2.45. The lowest BCUT2D eigenvalue weighted by molar-refractivity contribution is -0.384. The summed E-state index contributed by atoms with van der Waals surface area (Å²) in [4.78, 5) is 34.3. The summed E-state index contributed by atoms with van der Waals surface area (Å²) in [6.07, 6.45) is 5.94.